The summed E-state index contributed by atoms with van der Waals surface area (Å²) in [6.07, 6.45) is 2.56. The fourth-order valence-corrected chi connectivity index (χ4v) is 2.13. The van der Waals surface area contributed by atoms with E-state index in [-0.39, 0.29) is 6.10 Å². The number of hydrogen-bond donors (Lipinski definition) is 1. The molecule has 0 saturated heterocycles. The fraction of sp³-hybridized carbons (Fsp3) is 0.429. The predicted octanol–water partition coefficient (Wildman–Crippen LogP) is 3.01. The van der Waals surface area contributed by atoms with E-state index in [1.807, 2.05) is 25.1 Å². The van der Waals surface area contributed by atoms with Gasteiger partial charge in [0, 0.05) is 0 Å². The Morgan fingerprint density at radius 3 is 3.12 bits per heavy atom. The largest absolute Gasteiger partial charge is 0.489 e. The molecule has 0 heterocycles. The van der Waals surface area contributed by atoms with Gasteiger partial charge in [0.1, 0.15) is 12.4 Å². The van der Waals surface area contributed by atoms with Crippen molar-refractivity contribution in [2.45, 2.75) is 32.3 Å². The molecule has 0 spiro atoms. The maximum Gasteiger partial charge on any atom is 0.123 e. The number of aliphatic hydroxyl groups excluding tert-OH is 1. The lowest BCUT2D eigenvalue weighted by molar-refractivity contribution is 0.155. The molecule has 1 atom stereocenters. The van der Waals surface area contributed by atoms with Crippen LogP contribution in [-0.4, -0.2) is 11.7 Å². The first kappa shape index (κ1) is 11.2. The lowest BCUT2D eigenvalue weighted by Gasteiger charge is -2.23. The number of rotatable bonds is 3. The second-order valence-electron chi connectivity index (χ2n) is 4.48. The molecule has 0 aliphatic heterocycles. The molecule has 2 heteroatoms. The van der Waals surface area contributed by atoms with Crippen molar-refractivity contribution in [2.24, 2.45) is 0 Å². The molecule has 86 valence electrons. The van der Waals surface area contributed by atoms with Crippen LogP contribution in [0.4, 0.5) is 0 Å². The highest BCUT2D eigenvalue weighted by atomic mass is 16.5. The van der Waals surface area contributed by atoms with Crippen LogP contribution in [-0.2, 0) is 6.42 Å². The third kappa shape index (κ3) is 2.27. The Labute approximate surface area is 96.6 Å². The molecule has 0 radical (unpaired) electrons. The zero-order chi connectivity index (χ0) is 11.5. The molecule has 0 fully saturated rings. The molecule has 1 aromatic carbocycles. The molecule has 1 N–H and O–H groups in total. The Kier molecular flexibility index (Phi) is 3.30. The van der Waals surface area contributed by atoms with E-state index in [1.54, 1.807) is 0 Å². The summed E-state index contributed by atoms with van der Waals surface area (Å²) in [6.45, 7) is 6.32. The van der Waals surface area contributed by atoms with Crippen molar-refractivity contribution >= 4 is 0 Å². The van der Waals surface area contributed by atoms with Gasteiger partial charge in [-0.25, -0.2) is 0 Å². The Balaban J connectivity index is 2.25. The van der Waals surface area contributed by atoms with Crippen LogP contribution in [0.15, 0.2) is 30.4 Å². The number of benzene rings is 1. The lowest BCUT2D eigenvalue weighted by atomic mass is 9.89. The van der Waals surface area contributed by atoms with Crippen molar-refractivity contribution in [1.29, 1.82) is 0 Å². The molecule has 16 heavy (non-hydrogen) atoms. The smallest absolute Gasteiger partial charge is 0.123 e. The van der Waals surface area contributed by atoms with E-state index in [9.17, 15) is 5.11 Å². The molecule has 1 unspecified atom stereocenters. The molecule has 0 aromatic heterocycles. The fourth-order valence-electron chi connectivity index (χ4n) is 2.13. The molecule has 0 amide bonds. The summed E-state index contributed by atoms with van der Waals surface area (Å²) < 4.78 is 5.70. The van der Waals surface area contributed by atoms with Gasteiger partial charge in [0.25, 0.3) is 0 Å². The second kappa shape index (κ2) is 4.71. The van der Waals surface area contributed by atoms with E-state index in [4.69, 9.17) is 4.74 Å². The Morgan fingerprint density at radius 1 is 1.56 bits per heavy atom. The standard InChI is InChI=1S/C14H18O2/c1-10(2)9-16-14-8-4-5-11-12(14)6-3-7-13(11)15/h4-5,8,13,15H,1,3,6-7,9H2,2H3. The molecular formula is C14H18O2. The van der Waals surface area contributed by atoms with Crippen molar-refractivity contribution in [3.8, 4) is 5.75 Å². The van der Waals surface area contributed by atoms with Crippen LogP contribution in [0.5, 0.6) is 5.75 Å². The van der Waals surface area contributed by atoms with Crippen molar-refractivity contribution in [3.63, 3.8) is 0 Å². The topological polar surface area (TPSA) is 29.5 Å². The van der Waals surface area contributed by atoms with Gasteiger partial charge in [-0.3, -0.25) is 0 Å². The summed E-state index contributed by atoms with van der Waals surface area (Å²) in [5.41, 5.74) is 3.21. The summed E-state index contributed by atoms with van der Waals surface area (Å²) in [6, 6.07) is 5.91. The first-order valence-electron chi connectivity index (χ1n) is 5.75. The molecule has 1 aromatic rings. The van der Waals surface area contributed by atoms with Crippen LogP contribution in [0, 0.1) is 0 Å². The minimum absolute atomic E-state index is 0.322. The van der Waals surface area contributed by atoms with Gasteiger partial charge in [0.15, 0.2) is 0 Å². The van der Waals surface area contributed by atoms with E-state index in [1.165, 1.54) is 5.56 Å². The molecule has 1 aliphatic rings. The van der Waals surface area contributed by atoms with Crippen molar-refractivity contribution in [2.75, 3.05) is 6.61 Å². The van der Waals surface area contributed by atoms with Gasteiger partial charge in [-0.2, -0.15) is 0 Å². The molecular weight excluding hydrogens is 200 g/mol. The second-order valence-corrected chi connectivity index (χ2v) is 4.48. The van der Waals surface area contributed by atoms with Crippen LogP contribution < -0.4 is 4.74 Å². The third-order valence-corrected chi connectivity index (χ3v) is 2.91. The molecule has 2 rings (SSSR count). The summed E-state index contributed by atoms with van der Waals surface area (Å²) in [4.78, 5) is 0. The van der Waals surface area contributed by atoms with Crippen molar-refractivity contribution in [1.82, 2.24) is 0 Å². The first-order chi connectivity index (χ1) is 7.68. The summed E-state index contributed by atoms with van der Waals surface area (Å²) >= 11 is 0. The quantitative estimate of drug-likeness (QED) is 0.790. The van der Waals surface area contributed by atoms with E-state index >= 15 is 0 Å². The van der Waals surface area contributed by atoms with Crippen LogP contribution in [0.3, 0.4) is 0 Å². The summed E-state index contributed by atoms with van der Waals surface area (Å²) in [7, 11) is 0. The Bertz CT molecular complexity index is 396. The predicted molar refractivity (Wildman–Crippen MR) is 64.6 cm³/mol. The van der Waals surface area contributed by atoms with Gasteiger partial charge in [-0.15, -0.1) is 0 Å². The van der Waals surface area contributed by atoms with Gasteiger partial charge in [-0.05, 0) is 49.0 Å². The Hall–Kier alpha value is -1.28. The van der Waals surface area contributed by atoms with Gasteiger partial charge < -0.3 is 9.84 Å². The minimum atomic E-state index is -0.322. The zero-order valence-electron chi connectivity index (χ0n) is 9.70. The average Bonchev–Trinajstić information content (AvgIpc) is 2.27. The van der Waals surface area contributed by atoms with Crippen LogP contribution in [0.25, 0.3) is 0 Å². The third-order valence-electron chi connectivity index (χ3n) is 2.91. The highest BCUT2D eigenvalue weighted by Gasteiger charge is 2.20. The summed E-state index contributed by atoms with van der Waals surface area (Å²) in [5, 5.41) is 9.89. The highest BCUT2D eigenvalue weighted by Crippen LogP contribution is 2.35. The lowest BCUT2D eigenvalue weighted by Crippen LogP contribution is -2.11. The van der Waals surface area contributed by atoms with E-state index in [0.29, 0.717) is 6.61 Å². The maximum absolute atomic E-state index is 9.89. The monoisotopic (exact) mass is 218 g/mol. The van der Waals surface area contributed by atoms with Crippen LogP contribution in [0.2, 0.25) is 0 Å². The zero-order valence-corrected chi connectivity index (χ0v) is 9.70. The number of ether oxygens (including phenoxy) is 1. The van der Waals surface area contributed by atoms with Crippen molar-refractivity contribution < 1.29 is 9.84 Å². The maximum atomic E-state index is 9.89. The first-order valence-corrected chi connectivity index (χ1v) is 5.75. The molecule has 0 saturated carbocycles. The summed E-state index contributed by atoms with van der Waals surface area (Å²) in [5.74, 6) is 0.902. The van der Waals surface area contributed by atoms with E-state index in [2.05, 4.69) is 6.58 Å². The Morgan fingerprint density at radius 2 is 2.38 bits per heavy atom. The average molecular weight is 218 g/mol. The SMILES string of the molecule is C=C(C)COc1cccc2c1CCCC2O. The minimum Gasteiger partial charge on any atom is -0.489 e. The van der Waals surface area contributed by atoms with E-state index < -0.39 is 0 Å². The van der Waals surface area contributed by atoms with Gasteiger partial charge in [-0.1, -0.05) is 18.7 Å². The van der Waals surface area contributed by atoms with E-state index in [0.717, 1.165) is 36.1 Å². The highest BCUT2D eigenvalue weighted by molar-refractivity contribution is 5.43. The molecule has 0 bridgehead atoms. The van der Waals surface area contributed by atoms with Gasteiger partial charge in [0.05, 0.1) is 6.10 Å². The number of aliphatic hydroxyl groups is 1. The van der Waals surface area contributed by atoms with Gasteiger partial charge in [0.2, 0.25) is 0 Å². The molecule has 1 aliphatic carbocycles. The number of fused-ring (bicyclic) bond motifs is 1. The van der Waals surface area contributed by atoms with Crippen LogP contribution in [0.1, 0.15) is 37.0 Å². The normalized spacial score (nSPS) is 19.0. The molecule has 2 nitrogen and oxygen atoms in total. The van der Waals surface area contributed by atoms with Gasteiger partial charge >= 0.3 is 0 Å². The van der Waals surface area contributed by atoms with Crippen molar-refractivity contribution in [3.05, 3.63) is 41.5 Å². The number of hydrogen-bond acceptors (Lipinski definition) is 2. The van der Waals surface area contributed by atoms with Crippen LogP contribution >= 0.6 is 0 Å².